The van der Waals surface area contributed by atoms with Crippen molar-refractivity contribution in [3.05, 3.63) is 46.4 Å². The van der Waals surface area contributed by atoms with Gasteiger partial charge in [0.2, 0.25) is 5.88 Å². The van der Waals surface area contributed by atoms with Crippen LogP contribution in [0.1, 0.15) is 12.7 Å². The van der Waals surface area contributed by atoms with E-state index in [2.05, 4.69) is 15.3 Å². The van der Waals surface area contributed by atoms with Crippen LogP contribution >= 0.6 is 35.6 Å². The van der Waals surface area contributed by atoms with Crippen LogP contribution in [0.5, 0.6) is 5.88 Å². The van der Waals surface area contributed by atoms with Crippen molar-refractivity contribution in [1.29, 1.82) is 0 Å². The number of thiocarbonyl (C=S) groups is 1. The van der Waals surface area contributed by atoms with E-state index >= 15 is 0 Å². The van der Waals surface area contributed by atoms with Gasteiger partial charge < -0.3 is 14.5 Å². The number of furan rings is 1. The van der Waals surface area contributed by atoms with Crippen LogP contribution in [0.15, 0.2) is 40.0 Å². The van der Waals surface area contributed by atoms with Gasteiger partial charge in [-0.1, -0.05) is 35.6 Å². The van der Waals surface area contributed by atoms with Gasteiger partial charge in [0, 0.05) is 41.2 Å². The summed E-state index contributed by atoms with van der Waals surface area (Å²) < 4.78 is 11.8. The molecule has 0 aromatic carbocycles. The standard InChI is InChI=1S/C18H12ClN3O3S2/c1-2-24-17-13(19)4-9(7-21-17)12-8-20-6-10-3-11(25-15(10)12)5-14-16(23)22-18(26)27-14/h3-8H,2H2,1H3,(H,22,23,26)/b14-5+. The number of hydrogen-bond acceptors (Lipinski definition) is 7. The highest BCUT2D eigenvalue weighted by molar-refractivity contribution is 8.26. The Hall–Kier alpha value is -2.42. The monoisotopic (exact) mass is 417 g/mol. The summed E-state index contributed by atoms with van der Waals surface area (Å²) in [6.07, 6.45) is 6.70. The molecule has 1 fully saturated rings. The van der Waals surface area contributed by atoms with Gasteiger partial charge in [0.25, 0.3) is 5.91 Å². The number of aromatic nitrogens is 2. The van der Waals surface area contributed by atoms with E-state index in [0.717, 1.165) is 16.5 Å². The van der Waals surface area contributed by atoms with Gasteiger partial charge in [-0.05, 0) is 19.1 Å². The summed E-state index contributed by atoms with van der Waals surface area (Å²) in [6, 6.07) is 3.58. The average Bonchev–Trinajstić information content (AvgIpc) is 3.19. The minimum Gasteiger partial charge on any atom is -0.477 e. The Morgan fingerprint density at radius 1 is 1.37 bits per heavy atom. The molecule has 0 aliphatic carbocycles. The molecule has 0 saturated carbocycles. The maximum Gasteiger partial charge on any atom is 0.263 e. The molecule has 4 heterocycles. The summed E-state index contributed by atoms with van der Waals surface area (Å²) in [6.45, 7) is 2.35. The molecular formula is C18H12ClN3O3S2. The quantitative estimate of drug-likeness (QED) is 0.497. The molecule has 0 bridgehead atoms. The number of thioether (sulfide) groups is 1. The lowest BCUT2D eigenvalue weighted by atomic mass is 10.1. The normalized spacial score (nSPS) is 15.6. The second-order valence-corrected chi connectivity index (χ2v) is 7.68. The van der Waals surface area contributed by atoms with Crippen molar-refractivity contribution in [2.75, 3.05) is 6.61 Å². The topological polar surface area (TPSA) is 77.3 Å². The fourth-order valence-corrected chi connectivity index (χ4v) is 3.87. The number of nitrogens with zero attached hydrogens (tertiary/aromatic N) is 2. The zero-order chi connectivity index (χ0) is 19.0. The lowest BCUT2D eigenvalue weighted by Gasteiger charge is -2.07. The van der Waals surface area contributed by atoms with Crippen molar-refractivity contribution in [2.45, 2.75) is 6.92 Å². The van der Waals surface area contributed by atoms with Gasteiger partial charge >= 0.3 is 0 Å². The van der Waals surface area contributed by atoms with Crippen molar-refractivity contribution >= 4 is 62.9 Å². The van der Waals surface area contributed by atoms with Crippen molar-refractivity contribution in [1.82, 2.24) is 15.3 Å². The van der Waals surface area contributed by atoms with Gasteiger partial charge in [0.05, 0.1) is 11.5 Å². The number of rotatable bonds is 4. The van der Waals surface area contributed by atoms with Crippen LogP contribution in [-0.4, -0.2) is 26.8 Å². The Labute approximate surface area is 169 Å². The van der Waals surface area contributed by atoms with Crippen molar-refractivity contribution in [2.24, 2.45) is 0 Å². The van der Waals surface area contributed by atoms with E-state index in [4.69, 9.17) is 33.0 Å². The maximum atomic E-state index is 11.8. The van der Waals surface area contributed by atoms with Crippen LogP contribution < -0.4 is 10.1 Å². The number of halogens is 1. The molecule has 27 heavy (non-hydrogen) atoms. The molecule has 0 spiro atoms. The molecule has 9 heteroatoms. The SMILES string of the molecule is CCOc1ncc(-c2cncc3cc(/C=C4/SC(=S)NC4=O)oc23)cc1Cl. The summed E-state index contributed by atoms with van der Waals surface area (Å²) in [5, 5.41) is 3.79. The van der Waals surface area contributed by atoms with Crippen LogP contribution in [0.4, 0.5) is 0 Å². The number of carbonyl (C=O) groups excluding carboxylic acids is 1. The van der Waals surface area contributed by atoms with Crippen LogP contribution in [0.3, 0.4) is 0 Å². The Kier molecular flexibility index (Phi) is 4.86. The van der Waals surface area contributed by atoms with E-state index in [1.54, 1.807) is 30.7 Å². The van der Waals surface area contributed by atoms with E-state index in [-0.39, 0.29) is 5.91 Å². The van der Waals surface area contributed by atoms with Crippen LogP contribution in [0, 0.1) is 0 Å². The van der Waals surface area contributed by atoms with Gasteiger partial charge in [-0.25, -0.2) is 4.98 Å². The van der Waals surface area contributed by atoms with Gasteiger partial charge in [-0.3, -0.25) is 9.78 Å². The zero-order valence-electron chi connectivity index (χ0n) is 14.0. The van der Waals surface area contributed by atoms with E-state index in [0.29, 0.717) is 38.1 Å². The predicted molar refractivity (Wildman–Crippen MR) is 110 cm³/mol. The Morgan fingerprint density at radius 2 is 2.22 bits per heavy atom. The van der Waals surface area contributed by atoms with E-state index < -0.39 is 0 Å². The first-order valence-corrected chi connectivity index (χ1v) is 9.56. The van der Waals surface area contributed by atoms with Gasteiger partial charge in [0.15, 0.2) is 0 Å². The molecule has 0 atom stereocenters. The molecule has 1 amide bonds. The molecular weight excluding hydrogens is 406 g/mol. The highest BCUT2D eigenvalue weighted by Gasteiger charge is 2.23. The molecule has 3 aromatic rings. The average molecular weight is 418 g/mol. The Morgan fingerprint density at radius 3 is 2.93 bits per heavy atom. The van der Waals surface area contributed by atoms with Gasteiger partial charge in [-0.15, -0.1) is 0 Å². The first kappa shape index (κ1) is 18.0. The molecule has 1 saturated heterocycles. The lowest BCUT2D eigenvalue weighted by molar-refractivity contribution is -0.115. The number of hydrogen-bond donors (Lipinski definition) is 1. The fourth-order valence-electron chi connectivity index (χ4n) is 2.62. The molecule has 0 radical (unpaired) electrons. The predicted octanol–water partition coefficient (Wildman–Crippen LogP) is 4.43. The smallest absolute Gasteiger partial charge is 0.263 e. The second-order valence-electron chi connectivity index (χ2n) is 5.55. The minimum atomic E-state index is -0.230. The molecule has 1 aliphatic heterocycles. The molecule has 136 valence electrons. The molecule has 1 N–H and O–H groups in total. The third kappa shape index (κ3) is 3.55. The third-order valence-electron chi connectivity index (χ3n) is 3.76. The fraction of sp³-hybridized carbons (Fsp3) is 0.111. The van der Waals surface area contributed by atoms with Crippen LogP contribution in [-0.2, 0) is 4.79 Å². The Balaban J connectivity index is 1.76. The molecule has 1 aliphatic rings. The minimum absolute atomic E-state index is 0.230. The Bertz CT molecular complexity index is 1110. The number of carbonyl (C=O) groups is 1. The number of amides is 1. The van der Waals surface area contributed by atoms with E-state index in [9.17, 15) is 4.79 Å². The molecule has 3 aromatic heterocycles. The lowest BCUT2D eigenvalue weighted by Crippen LogP contribution is -2.17. The summed E-state index contributed by atoms with van der Waals surface area (Å²) >= 11 is 12.5. The summed E-state index contributed by atoms with van der Waals surface area (Å²) in [5.74, 6) is 0.686. The summed E-state index contributed by atoms with van der Waals surface area (Å²) in [4.78, 5) is 20.8. The van der Waals surface area contributed by atoms with Gasteiger partial charge in [0.1, 0.15) is 20.7 Å². The molecule has 4 rings (SSSR count). The van der Waals surface area contributed by atoms with Crippen molar-refractivity contribution in [3.8, 4) is 17.0 Å². The molecule has 6 nitrogen and oxygen atoms in total. The zero-order valence-corrected chi connectivity index (χ0v) is 16.4. The van der Waals surface area contributed by atoms with Crippen molar-refractivity contribution in [3.63, 3.8) is 0 Å². The molecule has 0 unspecified atom stereocenters. The highest BCUT2D eigenvalue weighted by atomic mass is 35.5. The second kappa shape index (κ2) is 7.30. The summed E-state index contributed by atoms with van der Waals surface area (Å²) in [5.41, 5.74) is 2.13. The largest absolute Gasteiger partial charge is 0.477 e. The number of nitrogens with one attached hydrogen (secondary N) is 1. The number of ether oxygens (including phenoxy) is 1. The first-order valence-electron chi connectivity index (χ1n) is 7.96. The van der Waals surface area contributed by atoms with Gasteiger partial charge in [-0.2, -0.15) is 0 Å². The highest BCUT2D eigenvalue weighted by Crippen LogP contribution is 2.34. The van der Waals surface area contributed by atoms with E-state index in [1.807, 2.05) is 13.0 Å². The third-order valence-corrected chi connectivity index (χ3v) is 5.19. The summed E-state index contributed by atoms with van der Waals surface area (Å²) in [7, 11) is 0. The number of pyridine rings is 2. The number of fused-ring (bicyclic) bond motifs is 1. The maximum absolute atomic E-state index is 11.8. The van der Waals surface area contributed by atoms with E-state index in [1.165, 1.54) is 11.8 Å². The first-order chi connectivity index (χ1) is 13.0. The van der Waals surface area contributed by atoms with Crippen LogP contribution in [0.2, 0.25) is 5.02 Å². The van der Waals surface area contributed by atoms with Crippen molar-refractivity contribution < 1.29 is 13.9 Å². The van der Waals surface area contributed by atoms with Crippen LogP contribution in [0.25, 0.3) is 28.2 Å².